The van der Waals surface area contributed by atoms with Crippen LogP contribution >= 0.6 is 23.4 Å². The van der Waals surface area contributed by atoms with Gasteiger partial charge in [0.25, 0.3) is 0 Å². The molecule has 0 bridgehead atoms. The van der Waals surface area contributed by atoms with Gasteiger partial charge in [-0.2, -0.15) is 24.9 Å². The van der Waals surface area contributed by atoms with Crippen molar-refractivity contribution in [2.45, 2.75) is 16.8 Å². The first-order chi connectivity index (χ1) is 11.2. The van der Waals surface area contributed by atoms with E-state index in [4.69, 9.17) is 16.0 Å². The molecule has 132 valence electrons. The predicted octanol–water partition coefficient (Wildman–Crippen LogP) is 4.16. The minimum absolute atomic E-state index is 0.0558. The van der Waals surface area contributed by atoms with E-state index in [9.17, 15) is 21.6 Å². The highest BCUT2D eigenvalue weighted by molar-refractivity contribution is 7.98. The third-order valence-electron chi connectivity index (χ3n) is 2.91. The van der Waals surface area contributed by atoms with Gasteiger partial charge in [-0.3, -0.25) is 0 Å². The van der Waals surface area contributed by atoms with E-state index in [1.54, 1.807) is 12.1 Å². The largest absolute Gasteiger partial charge is 0.468 e. The molecule has 4 nitrogen and oxygen atoms in total. The fourth-order valence-corrected chi connectivity index (χ4v) is 4.22. The molecule has 0 aliphatic heterocycles. The van der Waals surface area contributed by atoms with Gasteiger partial charge in [0, 0.05) is 12.3 Å². The Balaban J connectivity index is 1.97. The summed E-state index contributed by atoms with van der Waals surface area (Å²) in [5, 5.41) is -0.265. The Hall–Kier alpha value is -1.16. The van der Waals surface area contributed by atoms with Crippen LogP contribution in [0.1, 0.15) is 11.3 Å². The minimum atomic E-state index is -4.65. The summed E-state index contributed by atoms with van der Waals surface area (Å²) in [6.45, 7) is 0.0558. The van der Waals surface area contributed by atoms with Gasteiger partial charge in [-0.15, -0.1) is 0 Å². The van der Waals surface area contributed by atoms with Crippen LogP contribution in [0.3, 0.4) is 0 Å². The molecule has 1 aromatic carbocycles. The van der Waals surface area contributed by atoms with E-state index < -0.39 is 26.7 Å². The van der Waals surface area contributed by atoms with E-state index in [1.807, 2.05) is 0 Å². The number of benzene rings is 1. The molecule has 0 unspecified atom stereocenters. The summed E-state index contributed by atoms with van der Waals surface area (Å²) in [4.78, 5) is -0.588. The molecule has 0 aliphatic carbocycles. The van der Waals surface area contributed by atoms with Crippen molar-refractivity contribution in [2.75, 3.05) is 12.3 Å². The second kappa shape index (κ2) is 7.81. The highest BCUT2D eigenvalue weighted by Gasteiger charge is 2.32. The zero-order chi connectivity index (χ0) is 17.8. The number of furan rings is 1. The summed E-state index contributed by atoms with van der Waals surface area (Å²) in [6.07, 6.45) is -3.11. The van der Waals surface area contributed by atoms with Gasteiger partial charge in [0.1, 0.15) is 10.7 Å². The summed E-state index contributed by atoms with van der Waals surface area (Å²) in [6, 6.07) is 5.72. The van der Waals surface area contributed by atoms with Crippen molar-refractivity contribution in [1.82, 2.24) is 4.72 Å². The highest BCUT2D eigenvalue weighted by atomic mass is 35.5. The Labute approximate surface area is 146 Å². The van der Waals surface area contributed by atoms with Crippen LogP contribution in [0.5, 0.6) is 0 Å². The molecule has 0 amide bonds. The molecule has 1 heterocycles. The normalized spacial score (nSPS) is 12.5. The first kappa shape index (κ1) is 19.2. The van der Waals surface area contributed by atoms with Crippen LogP contribution in [0.15, 0.2) is 45.9 Å². The van der Waals surface area contributed by atoms with Gasteiger partial charge >= 0.3 is 6.18 Å². The Morgan fingerprint density at radius 3 is 2.62 bits per heavy atom. The van der Waals surface area contributed by atoms with Crippen LogP contribution in [0.2, 0.25) is 5.02 Å². The molecule has 10 heteroatoms. The molecular formula is C14H13ClF3NO3S2. The molecule has 0 saturated heterocycles. The average molecular weight is 400 g/mol. The van der Waals surface area contributed by atoms with Crippen LogP contribution in [0.25, 0.3) is 0 Å². The third kappa shape index (κ3) is 5.17. The number of thioether (sulfide) groups is 1. The minimum Gasteiger partial charge on any atom is -0.468 e. The van der Waals surface area contributed by atoms with Crippen molar-refractivity contribution >= 4 is 33.4 Å². The molecule has 0 fully saturated rings. The van der Waals surface area contributed by atoms with Gasteiger partial charge in [-0.05, 0) is 30.3 Å². The molecule has 24 heavy (non-hydrogen) atoms. The first-order valence-corrected chi connectivity index (χ1v) is 9.68. The quantitative estimate of drug-likeness (QED) is 0.710. The van der Waals surface area contributed by atoms with Gasteiger partial charge in [0.05, 0.1) is 22.6 Å². The van der Waals surface area contributed by atoms with Gasteiger partial charge in [-0.25, -0.2) is 13.1 Å². The van der Waals surface area contributed by atoms with Gasteiger partial charge in [-0.1, -0.05) is 11.6 Å². The molecule has 2 rings (SSSR count). The number of hydrogen-bond donors (Lipinski definition) is 1. The zero-order valence-electron chi connectivity index (χ0n) is 12.1. The van der Waals surface area contributed by atoms with Crippen molar-refractivity contribution in [1.29, 1.82) is 0 Å². The highest BCUT2D eigenvalue weighted by Crippen LogP contribution is 2.33. The fourth-order valence-electron chi connectivity index (χ4n) is 1.78. The lowest BCUT2D eigenvalue weighted by atomic mass is 10.2. The lowest BCUT2D eigenvalue weighted by Crippen LogP contribution is -2.26. The number of halogens is 4. The van der Waals surface area contributed by atoms with E-state index in [0.717, 1.165) is 17.9 Å². The van der Waals surface area contributed by atoms with Gasteiger partial charge in [0.15, 0.2) is 0 Å². The van der Waals surface area contributed by atoms with E-state index in [0.29, 0.717) is 17.6 Å². The third-order valence-corrected chi connectivity index (χ3v) is 5.83. The fraction of sp³-hybridized carbons (Fsp3) is 0.286. The second-order valence-electron chi connectivity index (χ2n) is 4.67. The molecule has 1 N–H and O–H groups in total. The van der Waals surface area contributed by atoms with Crippen LogP contribution in [-0.2, 0) is 22.0 Å². The lowest BCUT2D eigenvalue weighted by Gasteiger charge is -2.11. The van der Waals surface area contributed by atoms with Crippen molar-refractivity contribution < 1.29 is 26.0 Å². The molecule has 0 radical (unpaired) electrons. The van der Waals surface area contributed by atoms with Crippen molar-refractivity contribution in [3.63, 3.8) is 0 Å². The maximum atomic E-state index is 12.7. The average Bonchev–Trinajstić information content (AvgIpc) is 2.99. The van der Waals surface area contributed by atoms with Gasteiger partial charge < -0.3 is 4.42 Å². The van der Waals surface area contributed by atoms with Crippen molar-refractivity contribution in [3.05, 3.63) is 52.9 Å². The topological polar surface area (TPSA) is 59.3 Å². The van der Waals surface area contributed by atoms with E-state index in [2.05, 4.69) is 4.72 Å². The summed E-state index contributed by atoms with van der Waals surface area (Å²) in [5.41, 5.74) is -1.07. The van der Waals surface area contributed by atoms with E-state index in [1.165, 1.54) is 18.0 Å². The van der Waals surface area contributed by atoms with Crippen molar-refractivity contribution in [2.24, 2.45) is 0 Å². The van der Waals surface area contributed by atoms with E-state index in [-0.39, 0.29) is 11.6 Å². The number of rotatable bonds is 7. The van der Waals surface area contributed by atoms with Gasteiger partial charge in [0.2, 0.25) is 10.0 Å². The summed E-state index contributed by atoms with van der Waals surface area (Å²) < 4.78 is 69.8. The first-order valence-electron chi connectivity index (χ1n) is 6.67. The van der Waals surface area contributed by atoms with Crippen LogP contribution in [0, 0.1) is 0 Å². The van der Waals surface area contributed by atoms with Crippen LogP contribution in [-0.4, -0.2) is 20.7 Å². The Morgan fingerprint density at radius 2 is 2.00 bits per heavy atom. The molecular weight excluding hydrogens is 387 g/mol. The Kier molecular flexibility index (Phi) is 6.24. The monoisotopic (exact) mass is 399 g/mol. The summed E-state index contributed by atoms with van der Waals surface area (Å²) in [5.74, 6) is 1.75. The van der Waals surface area contributed by atoms with Crippen LogP contribution in [0.4, 0.5) is 13.2 Å². The summed E-state index contributed by atoms with van der Waals surface area (Å²) in [7, 11) is -4.13. The Morgan fingerprint density at radius 1 is 1.25 bits per heavy atom. The molecule has 2 aromatic rings. The SMILES string of the molecule is O=S(=O)(NCCSCc1ccco1)c1cc(C(F)(F)F)ccc1Cl. The van der Waals surface area contributed by atoms with E-state index >= 15 is 0 Å². The molecule has 0 saturated carbocycles. The number of nitrogens with one attached hydrogen (secondary N) is 1. The second-order valence-corrected chi connectivity index (χ2v) is 7.92. The molecule has 0 spiro atoms. The molecule has 1 aromatic heterocycles. The molecule has 0 atom stereocenters. The number of hydrogen-bond acceptors (Lipinski definition) is 4. The van der Waals surface area contributed by atoms with Crippen molar-refractivity contribution in [3.8, 4) is 0 Å². The zero-order valence-corrected chi connectivity index (χ0v) is 14.5. The standard InChI is InChI=1S/C14H13ClF3NO3S2/c15-12-4-3-10(14(16,17)18)8-13(12)24(20,21)19-5-7-23-9-11-2-1-6-22-11/h1-4,6,8,19H,5,7,9H2. The Bertz CT molecular complexity index is 777. The smallest absolute Gasteiger partial charge is 0.416 e. The summed E-state index contributed by atoms with van der Waals surface area (Å²) >= 11 is 7.16. The number of alkyl halides is 3. The predicted molar refractivity (Wildman–Crippen MR) is 86.5 cm³/mol. The number of sulfonamides is 1. The van der Waals surface area contributed by atoms with Crippen LogP contribution < -0.4 is 4.72 Å². The maximum absolute atomic E-state index is 12.7. The lowest BCUT2D eigenvalue weighted by molar-refractivity contribution is -0.137. The maximum Gasteiger partial charge on any atom is 0.416 e. The molecule has 0 aliphatic rings.